The summed E-state index contributed by atoms with van der Waals surface area (Å²) in [6.45, 7) is 7.77. The van der Waals surface area contributed by atoms with E-state index < -0.39 is 23.8 Å². The molecule has 0 aliphatic heterocycles. The van der Waals surface area contributed by atoms with Crippen molar-refractivity contribution in [2.45, 2.75) is 72.3 Å². The third-order valence-electron chi connectivity index (χ3n) is 6.15. The predicted octanol–water partition coefficient (Wildman–Crippen LogP) is 5.47. The second-order valence-electron chi connectivity index (χ2n) is 9.82. The van der Waals surface area contributed by atoms with Crippen LogP contribution in [-0.4, -0.2) is 28.9 Å². The van der Waals surface area contributed by atoms with Crippen molar-refractivity contribution in [1.82, 2.24) is 5.32 Å². The van der Waals surface area contributed by atoms with Gasteiger partial charge in [0.2, 0.25) is 11.8 Å². The van der Waals surface area contributed by atoms with Gasteiger partial charge >= 0.3 is 5.97 Å². The molecule has 2 aromatic carbocycles. The summed E-state index contributed by atoms with van der Waals surface area (Å²) in [5, 5.41) is 15.2. The van der Waals surface area contributed by atoms with E-state index in [1.54, 1.807) is 19.1 Å². The normalized spacial score (nSPS) is 13.6. The molecule has 3 atom stereocenters. The molecule has 0 radical (unpaired) electrons. The van der Waals surface area contributed by atoms with Crippen molar-refractivity contribution < 1.29 is 19.5 Å². The maximum atomic E-state index is 13.3. The number of benzene rings is 2. The number of aliphatic carboxylic acids is 1. The number of aryl methyl sites for hydroxylation is 2. The fourth-order valence-electron chi connectivity index (χ4n) is 4.13. The highest BCUT2D eigenvalue weighted by atomic mass is 16.4. The van der Waals surface area contributed by atoms with Gasteiger partial charge in [-0.05, 0) is 61.3 Å². The molecule has 1 unspecified atom stereocenters. The number of carboxylic acids is 1. The SMILES string of the molecule is CCCc1ccc(CC[C@@H](CC(C)C(=O)O)C(=O)N[C@@H](CC(C)C)C(=O)Nc2ccccc2)cc1. The van der Waals surface area contributed by atoms with E-state index in [4.69, 9.17) is 0 Å². The van der Waals surface area contributed by atoms with Gasteiger partial charge in [-0.15, -0.1) is 0 Å². The third-order valence-corrected chi connectivity index (χ3v) is 6.15. The highest BCUT2D eigenvalue weighted by Crippen LogP contribution is 2.21. The largest absolute Gasteiger partial charge is 0.481 e. The van der Waals surface area contributed by atoms with Crippen LogP contribution in [0.4, 0.5) is 5.69 Å². The molecule has 3 N–H and O–H groups in total. The summed E-state index contributed by atoms with van der Waals surface area (Å²) in [7, 11) is 0. The van der Waals surface area contributed by atoms with E-state index in [9.17, 15) is 19.5 Å². The van der Waals surface area contributed by atoms with Gasteiger partial charge in [0, 0.05) is 11.6 Å². The molecule has 35 heavy (non-hydrogen) atoms. The van der Waals surface area contributed by atoms with Gasteiger partial charge < -0.3 is 15.7 Å². The van der Waals surface area contributed by atoms with Crippen molar-refractivity contribution in [3.05, 3.63) is 65.7 Å². The fourth-order valence-corrected chi connectivity index (χ4v) is 4.13. The van der Waals surface area contributed by atoms with Crippen LogP contribution in [0.25, 0.3) is 0 Å². The molecule has 2 aromatic rings. The Kier molecular flexibility index (Phi) is 11.5. The number of carbonyl (C=O) groups excluding carboxylic acids is 2. The molecule has 6 heteroatoms. The van der Waals surface area contributed by atoms with Crippen LogP contribution >= 0.6 is 0 Å². The molecule has 0 fully saturated rings. The minimum absolute atomic E-state index is 0.194. The summed E-state index contributed by atoms with van der Waals surface area (Å²) in [5.41, 5.74) is 3.07. The van der Waals surface area contributed by atoms with Crippen LogP contribution in [0.2, 0.25) is 0 Å². The molecule has 2 amide bonds. The average Bonchev–Trinajstić information content (AvgIpc) is 2.82. The summed E-state index contributed by atoms with van der Waals surface area (Å²) in [5.74, 6) is -2.42. The number of para-hydroxylation sites is 1. The van der Waals surface area contributed by atoms with E-state index in [-0.39, 0.29) is 24.2 Å². The maximum Gasteiger partial charge on any atom is 0.306 e. The zero-order chi connectivity index (χ0) is 25.8. The molecule has 0 aliphatic carbocycles. The minimum Gasteiger partial charge on any atom is -0.481 e. The molecule has 0 bridgehead atoms. The zero-order valence-electron chi connectivity index (χ0n) is 21.4. The lowest BCUT2D eigenvalue weighted by Gasteiger charge is -2.24. The average molecular weight is 481 g/mol. The summed E-state index contributed by atoms with van der Waals surface area (Å²) in [6.07, 6.45) is 4.02. The molecule has 2 rings (SSSR count). The van der Waals surface area contributed by atoms with E-state index in [0.29, 0.717) is 24.9 Å². The van der Waals surface area contributed by atoms with Crippen LogP contribution in [0.5, 0.6) is 0 Å². The van der Waals surface area contributed by atoms with E-state index in [1.165, 1.54) is 5.56 Å². The topological polar surface area (TPSA) is 95.5 Å². The van der Waals surface area contributed by atoms with Crippen molar-refractivity contribution in [3.8, 4) is 0 Å². The number of amides is 2. The standard InChI is InChI=1S/C29H40N2O4/c1-5-9-22-12-14-23(15-13-22)16-17-24(19-21(4)29(34)35)27(32)31-26(18-20(2)3)28(33)30-25-10-7-6-8-11-25/h6-8,10-15,20-21,24,26H,5,9,16-19H2,1-4H3,(H,30,33)(H,31,32)(H,34,35)/t21?,24-,26-/m0/s1. The third kappa shape index (κ3) is 9.93. The van der Waals surface area contributed by atoms with Gasteiger partial charge in [-0.2, -0.15) is 0 Å². The molecular formula is C29H40N2O4. The number of nitrogens with one attached hydrogen (secondary N) is 2. The first-order chi connectivity index (χ1) is 16.7. The Hall–Kier alpha value is -3.15. The molecule has 190 valence electrons. The Morgan fingerprint density at radius 2 is 1.43 bits per heavy atom. The molecule has 0 saturated heterocycles. The molecule has 0 aliphatic rings. The summed E-state index contributed by atoms with van der Waals surface area (Å²) in [4.78, 5) is 37.8. The molecule has 6 nitrogen and oxygen atoms in total. The van der Waals surface area contributed by atoms with Crippen molar-refractivity contribution in [2.75, 3.05) is 5.32 Å². The van der Waals surface area contributed by atoms with Crippen LogP contribution in [0.1, 0.15) is 64.5 Å². The Balaban J connectivity index is 2.12. The molecular weight excluding hydrogens is 440 g/mol. The Morgan fingerprint density at radius 1 is 0.829 bits per heavy atom. The highest BCUT2D eigenvalue weighted by Gasteiger charge is 2.29. The highest BCUT2D eigenvalue weighted by molar-refractivity contribution is 5.97. The number of rotatable bonds is 14. The van der Waals surface area contributed by atoms with Crippen LogP contribution in [-0.2, 0) is 27.2 Å². The second kappa shape index (κ2) is 14.3. The van der Waals surface area contributed by atoms with E-state index >= 15 is 0 Å². The van der Waals surface area contributed by atoms with Crippen molar-refractivity contribution in [2.24, 2.45) is 17.8 Å². The van der Waals surface area contributed by atoms with Crippen LogP contribution in [0.3, 0.4) is 0 Å². The first kappa shape index (κ1) is 28.1. The minimum atomic E-state index is -0.924. The quantitative estimate of drug-likeness (QED) is 0.334. The summed E-state index contributed by atoms with van der Waals surface area (Å²) < 4.78 is 0. The second-order valence-corrected chi connectivity index (χ2v) is 9.82. The fraction of sp³-hybridized carbons (Fsp3) is 0.483. The maximum absolute atomic E-state index is 13.3. The lowest BCUT2D eigenvalue weighted by molar-refractivity contribution is -0.142. The number of hydrogen-bond donors (Lipinski definition) is 3. The molecule has 0 aromatic heterocycles. The molecule has 0 saturated carbocycles. The smallest absolute Gasteiger partial charge is 0.306 e. The number of carbonyl (C=O) groups is 3. The summed E-state index contributed by atoms with van der Waals surface area (Å²) >= 11 is 0. The molecule has 0 heterocycles. The van der Waals surface area contributed by atoms with E-state index in [2.05, 4.69) is 41.8 Å². The summed E-state index contributed by atoms with van der Waals surface area (Å²) in [6, 6.07) is 16.8. The van der Waals surface area contributed by atoms with E-state index in [0.717, 1.165) is 18.4 Å². The van der Waals surface area contributed by atoms with Crippen molar-refractivity contribution >= 4 is 23.5 Å². The Morgan fingerprint density at radius 3 is 1.97 bits per heavy atom. The number of anilines is 1. The Labute approximate surface area is 209 Å². The van der Waals surface area contributed by atoms with Crippen molar-refractivity contribution in [1.29, 1.82) is 0 Å². The predicted molar refractivity (Wildman–Crippen MR) is 140 cm³/mol. The van der Waals surface area contributed by atoms with Crippen LogP contribution < -0.4 is 10.6 Å². The van der Waals surface area contributed by atoms with Gasteiger partial charge in [-0.1, -0.05) is 76.6 Å². The van der Waals surface area contributed by atoms with Crippen LogP contribution in [0.15, 0.2) is 54.6 Å². The van der Waals surface area contributed by atoms with Gasteiger partial charge in [0.15, 0.2) is 0 Å². The first-order valence-corrected chi connectivity index (χ1v) is 12.7. The van der Waals surface area contributed by atoms with Gasteiger partial charge in [-0.3, -0.25) is 14.4 Å². The number of hydrogen-bond acceptors (Lipinski definition) is 3. The van der Waals surface area contributed by atoms with Crippen molar-refractivity contribution in [3.63, 3.8) is 0 Å². The molecule has 0 spiro atoms. The van der Waals surface area contributed by atoms with Gasteiger partial charge in [-0.25, -0.2) is 0 Å². The lowest BCUT2D eigenvalue weighted by Crippen LogP contribution is -2.47. The van der Waals surface area contributed by atoms with Gasteiger partial charge in [0.25, 0.3) is 0 Å². The Bertz CT molecular complexity index is 941. The zero-order valence-corrected chi connectivity index (χ0v) is 21.4. The van der Waals surface area contributed by atoms with Crippen LogP contribution in [0, 0.1) is 17.8 Å². The van der Waals surface area contributed by atoms with E-state index in [1.807, 2.05) is 32.0 Å². The lowest BCUT2D eigenvalue weighted by atomic mass is 9.89. The van der Waals surface area contributed by atoms with Gasteiger partial charge in [0.05, 0.1) is 5.92 Å². The first-order valence-electron chi connectivity index (χ1n) is 12.7. The monoisotopic (exact) mass is 480 g/mol. The number of carboxylic acid groups (broad SMARTS) is 1. The van der Waals surface area contributed by atoms with Gasteiger partial charge in [0.1, 0.15) is 6.04 Å².